The number of halogens is 1. The van der Waals surface area contributed by atoms with Crippen LogP contribution in [0.5, 0.6) is 0 Å². The first kappa shape index (κ1) is 12.6. The highest BCUT2D eigenvalue weighted by atomic mass is 35.5. The zero-order valence-corrected chi connectivity index (χ0v) is 10.8. The van der Waals surface area contributed by atoms with E-state index in [9.17, 15) is 0 Å². The molecule has 2 rings (SSSR count). The third-order valence-electron chi connectivity index (χ3n) is 2.59. The fourth-order valence-corrected chi connectivity index (χ4v) is 2.00. The molecule has 0 unspecified atom stereocenters. The molecule has 0 bridgehead atoms. The molecule has 0 saturated carbocycles. The molecule has 0 spiro atoms. The van der Waals surface area contributed by atoms with Crippen molar-refractivity contribution in [1.82, 2.24) is 14.9 Å². The number of hydrogen-bond acceptors (Lipinski definition) is 3. The van der Waals surface area contributed by atoms with E-state index in [0.29, 0.717) is 10.8 Å². The minimum absolute atomic E-state index is 0.330. The minimum atomic E-state index is 0.330. The van der Waals surface area contributed by atoms with Crippen LogP contribution in [0.4, 0.5) is 0 Å². The Morgan fingerprint density at radius 1 is 1.50 bits per heavy atom. The largest absolute Gasteiger partial charge is 0.313 e. The van der Waals surface area contributed by atoms with E-state index in [-0.39, 0.29) is 0 Å². The highest BCUT2D eigenvalue weighted by Crippen LogP contribution is 2.22. The van der Waals surface area contributed by atoms with Gasteiger partial charge in [0.15, 0.2) is 0 Å². The minimum Gasteiger partial charge on any atom is -0.313 e. The van der Waals surface area contributed by atoms with Crippen LogP contribution in [-0.2, 0) is 6.54 Å². The molecule has 1 N–H and O–H groups in total. The quantitative estimate of drug-likeness (QED) is 0.919. The van der Waals surface area contributed by atoms with Crippen LogP contribution in [0.25, 0.3) is 5.69 Å². The van der Waals surface area contributed by atoms with Crippen molar-refractivity contribution < 1.29 is 0 Å². The van der Waals surface area contributed by atoms with E-state index in [4.69, 9.17) is 16.9 Å². The zero-order chi connectivity index (χ0) is 13.0. The molecule has 18 heavy (non-hydrogen) atoms. The normalized spacial score (nSPS) is 10.3. The lowest BCUT2D eigenvalue weighted by molar-refractivity contribution is 0.726. The average molecular weight is 261 g/mol. The van der Waals surface area contributed by atoms with Crippen molar-refractivity contribution >= 4 is 11.6 Å². The third kappa shape index (κ3) is 2.53. The van der Waals surface area contributed by atoms with Crippen molar-refractivity contribution in [2.45, 2.75) is 13.5 Å². The molecule has 0 aliphatic heterocycles. The summed E-state index contributed by atoms with van der Waals surface area (Å²) in [6.07, 6.45) is 3.31. The first-order valence-corrected chi connectivity index (χ1v) is 6.07. The summed E-state index contributed by atoms with van der Waals surface area (Å²) in [6, 6.07) is 7.83. The molecule has 0 amide bonds. The maximum atomic E-state index is 8.94. The van der Waals surface area contributed by atoms with Crippen LogP contribution < -0.4 is 5.32 Å². The Hall–Kier alpha value is -1.83. The van der Waals surface area contributed by atoms with Crippen molar-refractivity contribution in [2.75, 3.05) is 6.54 Å². The van der Waals surface area contributed by atoms with E-state index < -0.39 is 0 Å². The molecule has 0 aliphatic rings. The first-order valence-electron chi connectivity index (χ1n) is 5.69. The molecule has 1 aromatic heterocycles. The third-order valence-corrected chi connectivity index (χ3v) is 2.89. The molecule has 5 heteroatoms. The second kappa shape index (κ2) is 5.67. The fourth-order valence-electron chi connectivity index (χ4n) is 1.71. The summed E-state index contributed by atoms with van der Waals surface area (Å²) < 4.78 is 1.68. The summed E-state index contributed by atoms with van der Waals surface area (Å²) in [5.74, 6) is 0.330. The summed E-state index contributed by atoms with van der Waals surface area (Å²) in [6.45, 7) is 3.76. The molecule has 0 saturated heterocycles. The van der Waals surface area contributed by atoms with Gasteiger partial charge in [0.1, 0.15) is 6.07 Å². The highest BCUT2D eigenvalue weighted by Gasteiger charge is 2.08. The van der Waals surface area contributed by atoms with E-state index >= 15 is 0 Å². The number of rotatable bonds is 4. The highest BCUT2D eigenvalue weighted by molar-refractivity contribution is 6.32. The van der Waals surface area contributed by atoms with Crippen molar-refractivity contribution in [1.29, 1.82) is 5.26 Å². The van der Waals surface area contributed by atoms with Crippen molar-refractivity contribution in [2.24, 2.45) is 0 Å². The molecule has 0 fully saturated rings. The van der Waals surface area contributed by atoms with Gasteiger partial charge in [0.2, 0.25) is 5.82 Å². The standard InChI is InChI=1S/C13H13ClN4/c1-2-16-9-10-3-4-12(11(14)7-10)18-6-5-17-13(18)8-15/h3-7,16H,2,9H2,1H3. The predicted octanol–water partition coefficient (Wildman–Crippen LogP) is 2.51. The monoisotopic (exact) mass is 260 g/mol. The summed E-state index contributed by atoms with van der Waals surface area (Å²) in [5.41, 5.74) is 1.88. The average Bonchev–Trinajstić information content (AvgIpc) is 2.84. The molecule has 4 nitrogen and oxygen atoms in total. The number of hydrogen-bond donors (Lipinski definition) is 1. The van der Waals surface area contributed by atoms with E-state index in [1.165, 1.54) is 0 Å². The molecule has 2 aromatic rings. The van der Waals surface area contributed by atoms with Crippen LogP contribution in [0.15, 0.2) is 30.6 Å². The molecule has 0 aliphatic carbocycles. The smallest absolute Gasteiger partial charge is 0.217 e. The number of imidazole rings is 1. The van der Waals surface area contributed by atoms with Crippen molar-refractivity contribution in [3.63, 3.8) is 0 Å². The number of nitrogens with one attached hydrogen (secondary N) is 1. The van der Waals surface area contributed by atoms with E-state index in [0.717, 1.165) is 24.3 Å². The van der Waals surface area contributed by atoms with Gasteiger partial charge < -0.3 is 5.32 Å². The Morgan fingerprint density at radius 2 is 2.33 bits per heavy atom. The zero-order valence-electron chi connectivity index (χ0n) is 10.0. The van der Waals surface area contributed by atoms with Gasteiger partial charge in [-0.2, -0.15) is 5.26 Å². The molecule has 0 radical (unpaired) electrons. The lowest BCUT2D eigenvalue weighted by Gasteiger charge is -2.09. The van der Waals surface area contributed by atoms with Gasteiger partial charge in [-0.15, -0.1) is 0 Å². The van der Waals surface area contributed by atoms with Gasteiger partial charge in [0, 0.05) is 18.9 Å². The lowest BCUT2D eigenvalue weighted by atomic mass is 10.2. The van der Waals surface area contributed by atoms with E-state index in [1.807, 2.05) is 24.3 Å². The van der Waals surface area contributed by atoms with Gasteiger partial charge in [-0.1, -0.05) is 24.6 Å². The summed E-state index contributed by atoms with van der Waals surface area (Å²) in [4.78, 5) is 3.96. The van der Waals surface area contributed by atoms with Gasteiger partial charge >= 0.3 is 0 Å². The van der Waals surface area contributed by atoms with Crippen LogP contribution in [-0.4, -0.2) is 16.1 Å². The Balaban J connectivity index is 2.33. The van der Waals surface area contributed by atoms with Crippen LogP contribution >= 0.6 is 11.6 Å². The molecule has 1 aromatic carbocycles. The second-order valence-corrected chi connectivity index (χ2v) is 4.21. The number of nitrogens with zero attached hydrogens (tertiary/aromatic N) is 3. The maximum absolute atomic E-state index is 8.94. The summed E-state index contributed by atoms with van der Waals surface area (Å²) >= 11 is 6.24. The van der Waals surface area contributed by atoms with Crippen LogP contribution in [0, 0.1) is 11.3 Å². The molecule has 92 valence electrons. The number of benzene rings is 1. The number of nitriles is 1. The second-order valence-electron chi connectivity index (χ2n) is 3.80. The Kier molecular flexibility index (Phi) is 3.98. The molecular weight excluding hydrogens is 248 g/mol. The van der Waals surface area contributed by atoms with Crippen LogP contribution in [0.2, 0.25) is 5.02 Å². The van der Waals surface area contributed by atoms with Gasteiger partial charge in [0.25, 0.3) is 0 Å². The first-order chi connectivity index (χ1) is 8.76. The lowest BCUT2D eigenvalue weighted by Crippen LogP contribution is -2.11. The Morgan fingerprint density at radius 3 is 3.00 bits per heavy atom. The topological polar surface area (TPSA) is 53.6 Å². The molecule has 1 heterocycles. The number of aromatic nitrogens is 2. The van der Waals surface area contributed by atoms with Gasteiger partial charge in [0.05, 0.1) is 10.7 Å². The Bertz CT molecular complexity index is 583. The van der Waals surface area contributed by atoms with Crippen molar-refractivity contribution in [3.05, 3.63) is 47.0 Å². The van der Waals surface area contributed by atoms with E-state index in [2.05, 4.69) is 17.2 Å². The van der Waals surface area contributed by atoms with Crippen LogP contribution in [0.3, 0.4) is 0 Å². The van der Waals surface area contributed by atoms with E-state index in [1.54, 1.807) is 17.0 Å². The molecule has 0 atom stereocenters. The van der Waals surface area contributed by atoms with Gasteiger partial charge in [-0.3, -0.25) is 4.57 Å². The van der Waals surface area contributed by atoms with Gasteiger partial charge in [-0.05, 0) is 24.2 Å². The van der Waals surface area contributed by atoms with Crippen molar-refractivity contribution in [3.8, 4) is 11.8 Å². The van der Waals surface area contributed by atoms with Crippen LogP contribution in [0.1, 0.15) is 18.3 Å². The Labute approximate surface area is 111 Å². The predicted molar refractivity (Wildman–Crippen MR) is 70.7 cm³/mol. The summed E-state index contributed by atoms with van der Waals surface area (Å²) in [5, 5.41) is 12.8. The summed E-state index contributed by atoms with van der Waals surface area (Å²) in [7, 11) is 0. The molecular formula is C13H13ClN4. The fraction of sp³-hybridized carbons (Fsp3) is 0.231. The van der Waals surface area contributed by atoms with Gasteiger partial charge in [-0.25, -0.2) is 4.98 Å². The maximum Gasteiger partial charge on any atom is 0.217 e. The SMILES string of the molecule is CCNCc1ccc(-n2ccnc2C#N)c(Cl)c1.